The number of methoxy groups -OCH3 is 1. The third-order valence-corrected chi connectivity index (χ3v) is 6.42. The van der Waals surface area contributed by atoms with E-state index in [0.717, 1.165) is 50.9 Å². The van der Waals surface area contributed by atoms with Crippen LogP contribution < -0.4 is 15.0 Å². The summed E-state index contributed by atoms with van der Waals surface area (Å²) < 4.78 is 5.38. The first-order chi connectivity index (χ1) is 14.7. The maximum atomic E-state index is 5.38. The molecule has 0 amide bonds. The van der Waals surface area contributed by atoms with Crippen molar-refractivity contribution in [2.75, 3.05) is 51.8 Å². The van der Waals surface area contributed by atoms with Gasteiger partial charge in [-0.05, 0) is 48.8 Å². The van der Waals surface area contributed by atoms with Gasteiger partial charge in [-0.3, -0.25) is 4.99 Å². The molecular formula is C25H35IN4O. The number of guanidine groups is 1. The van der Waals surface area contributed by atoms with Crippen LogP contribution in [-0.4, -0.2) is 57.7 Å². The van der Waals surface area contributed by atoms with E-state index in [0.29, 0.717) is 11.8 Å². The lowest BCUT2D eigenvalue weighted by Gasteiger charge is -2.24. The monoisotopic (exact) mass is 534 g/mol. The van der Waals surface area contributed by atoms with Gasteiger partial charge in [0.1, 0.15) is 5.75 Å². The Hall–Kier alpha value is -1.96. The Morgan fingerprint density at radius 2 is 1.84 bits per heavy atom. The minimum atomic E-state index is 0. The van der Waals surface area contributed by atoms with Crippen molar-refractivity contribution in [3.8, 4) is 5.75 Å². The molecule has 31 heavy (non-hydrogen) atoms. The maximum Gasteiger partial charge on any atom is 0.193 e. The largest absolute Gasteiger partial charge is 0.497 e. The molecule has 0 aromatic heterocycles. The van der Waals surface area contributed by atoms with Crippen molar-refractivity contribution in [1.82, 2.24) is 10.2 Å². The van der Waals surface area contributed by atoms with Gasteiger partial charge in [0, 0.05) is 51.5 Å². The van der Waals surface area contributed by atoms with Gasteiger partial charge < -0.3 is 19.9 Å². The summed E-state index contributed by atoms with van der Waals surface area (Å²) in [6.07, 6.45) is 3.60. The van der Waals surface area contributed by atoms with Gasteiger partial charge in [0.2, 0.25) is 0 Å². The third kappa shape index (κ3) is 6.28. The Morgan fingerprint density at radius 3 is 2.61 bits per heavy atom. The zero-order chi connectivity index (χ0) is 20.8. The number of ether oxygens (including phenoxy) is 1. The predicted octanol–water partition coefficient (Wildman–Crippen LogP) is 4.28. The molecule has 0 bridgehead atoms. The molecule has 2 aliphatic heterocycles. The third-order valence-electron chi connectivity index (χ3n) is 6.42. The Morgan fingerprint density at radius 1 is 1.03 bits per heavy atom. The molecule has 0 aliphatic carbocycles. The fraction of sp³-hybridized carbons (Fsp3) is 0.480. The molecule has 1 N–H and O–H groups in total. The quantitative estimate of drug-likeness (QED) is 0.341. The van der Waals surface area contributed by atoms with Gasteiger partial charge in [-0.15, -0.1) is 24.0 Å². The van der Waals surface area contributed by atoms with Crippen LogP contribution in [0.2, 0.25) is 0 Å². The summed E-state index contributed by atoms with van der Waals surface area (Å²) in [5.41, 5.74) is 2.69. The van der Waals surface area contributed by atoms with E-state index in [1.807, 2.05) is 13.1 Å². The molecule has 168 valence electrons. The van der Waals surface area contributed by atoms with E-state index in [9.17, 15) is 0 Å². The molecule has 2 atom stereocenters. The van der Waals surface area contributed by atoms with Crippen molar-refractivity contribution in [1.29, 1.82) is 0 Å². The summed E-state index contributed by atoms with van der Waals surface area (Å²) in [6, 6.07) is 19.2. The van der Waals surface area contributed by atoms with Gasteiger partial charge in [0.25, 0.3) is 0 Å². The molecule has 5 nitrogen and oxygen atoms in total. The van der Waals surface area contributed by atoms with Crippen LogP contribution in [0.4, 0.5) is 5.69 Å². The van der Waals surface area contributed by atoms with Gasteiger partial charge in [0.15, 0.2) is 5.96 Å². The van der Waals surface area contributed by atoms with E-state index < -0.39 is 0 Å². The van der Waals surface area contributed by atoms with Crippen molar-refractivity contribution in [2.45, 2.75) is 19.3 Å². The zero-order valence-corrected chi connectivity index (χ0v) is 21.0. The molecule has 0 saturated carbocycles. The molecule has 2 fully saturated rings. The number of nitrogens with zero attached hydrogens (tertiary/aromatic N) is 3. The standard InChI is InChI=1S/C25H34N4O.HI/c1-26-25(29-14-11-21(18-29)15-20-7-4-3-5-8-20)27-17-22-12-13-28(19-22)23-9-6-10-24(16-23)30-2;/h3-10,16,21-22H,11-15,17-19H2,1-2H3,(H,26,27);1H. The fourth-order valence-electron chi connectivity index (χ4n) is 4.75. The summed E-state index contributed by atoms with van der Waals surface area (Å²) >= 11 is 0. The molecule has 2 aliphatic rings. The highest BCUT2D eigenvalue weighted by Gasteiger charge is 2.27. The van der Waals surface area contributed by atoms with Crippen LogP contribution in [0.15, 0.2) is 59.6 Å². The van der Waals surface area contributed by atoms with Gasteiger partial charge >= 0.3 is 0 Å². The number of halogens is 1. The first kappa shape index (κ1) is 23.7. The number of anilines is 1. The van der Waals surface area contributed by atoms with Gasteiger partial charge in [0.05, 0.1) is 7.11 Å². The second kappa shape index (κ2) is 11.6. The number of likely N-dealkylation sites (tertiary alicyclic amines) is 1. The van der Waals surface area contributed by atoms with Gasteiger partial charge in [-0.1, -0.05) is 36.4 Å². The van der Waals surface area contributed by atoms with Crippen LogP contribution in [0.25, 0.3) is 0 Å². The van der Waals surface area contributed by atoms with Gasteiger partial charge in [-0.2, -0.15) is 0 Å². The SMILES string of the molecule is CN=C(NCC1CCN(c2cccc(OC)c2)C1)N1CCC(Cc2ccccc2)C1.I. The number of aliphatic imine (C=N–C) groups is 1. The number of benzene rings is 2. The summed E-state index contributed by atoms with van der Waals surface area (Å²) in [5, 5.41) is 3.66. The van der Waals surface area contributed by atoms with Crippen LogP contribution in [0.5, 0.6) is 5.75 Å². The highest BCUT2D eigenvalue weighted by Crippen LogP contribution is 2.27. The normalized spacial score (nSPS) is 21.2. The number of hydrogen-bond acceptors (Lipinski definition) is 3. The lowest BCUT2D eigenvalue weighted by Crippen LogP contribution is -2.42. The Kier molecular flexibility index (Phi) is 8.87. The van der Waals surface area contributed by atoms with Crippen molar-refractivity contribution >= 4 is 35.6 Å². The zero-order valence-electron chi connectivity index (χ0n) is 18.7. The van der Waals surface area contributed by atoms with E-state index in [4.69, 9.17) is 4.74 Å². The van der Waals surface area contributed by atoms with Crippen molar-refractivity contribution < 1.29 is 4.74 Å². The summed E-state index contributed by atoms with van der Waals surface area (Å²) in [5.74, 6) is 3.33. The predicted molar refractivity (Wildman–Crippen MR) is 140 cm³/mol. The molecule has 4 rings (SSSR count). The van der Waals surface area contributed by atoms with Crippen molar-refractivity contribution in [3.05, 3.63) is 60.2 Å². The van der Waals surface area contributed by atoms with E-state index in [1.165, 1.54) is 24.1 Å². The fourth-order valence-corrected chi connectivity index (χ4v) is 4.75. The molecule has 6 heteroatoms. The van der Waals surface area contributed by atoms with Crippen LogP contribution in [0.3, 0.4) is 0 Å². The number of nitrogens with one attached hydrogen (secondary N) is 1. The molecule has 2 heterocycles. The second-order valence-corrected chi connectivity index (χ2v) is 8.52. The van der Waals surface area contributed by atoms with Crippen LogP contribution >= 0.6 is 24.0 Å². The first-order valence-corrected chi connectivity index (χ1v) is 11.1. The molecule has 0 radical (unpaired) electrons. The average molecular weight is 534 g/mol. The smallest absolute Gasteiger partial charge is 0.193 e. The van der Waals surface area contributed by atoms with E-state index in [2.05, 4.69) is 68.6 Å². The lowest BCUT2D eigenvalue weighted by atomic mass is 9.99. The molecular weight excluding hydrogens is 499 g/mol. The topological polar surface area (TPSA) is 40.1 Å². The molecule has 2 aromatic rings. The van der Waals surface area contributed by atoms with Crippen LogP contribution in [0, 0.1) is 11.8 Å². The molecule has 2 aromatic carbocycles. The molecule has 0 spiro atoms. The van der Waals surface area contributed by atoms with Crippen LogP contribution in [0.1, 0.15) is 18.4 Å². The summed E-state index contributed by atoms with van der Waals surface area (Å²) in [7, 11) is 3.63. The van der Waals surface area contributed by atoms with E-state index in [-0.39, 0.29) is 24.0 Å². The number of rotatable bonds is 6. The Labute approximate surface area is 203 Å². The van der Waals surface area contributed by atoms with E-state index >= 15 is 0 Å². The minimum absolute atomic E-state index is 0. The van der Waals surface area contributed by atoms with Gasteiger partial charge in [-0.25, -0.2) is 0 Å². The maximum absolute atomic E-state index is 5.38. The minimum Gasteiger partial charge on any atom is -0.497 e. The van der Waals surface area contributed by atoms with Crippen molar-refractivity contribution in [3.63, 3.8) is 0 Å². The van der Waals surface area contributed by atoms with Crippen LogP contribution in [-0.2, 0) is 6.42 Å². The highest BCUT2D eigenvalue weighted by atomic mass is 127. The summed E-state index contributed by atoms with van der Waals surface area (Å²) in [6.45, 7) is 5.34. The molecule has 2 unspecified atom stereocenters. The summed E-state index contributed by atoms with van der Waals surface area (Å²) in [4.78, 5) is 9.47. The first-order valence-electron chi connectivity index (χ1n) is 11.1. The second-order valence-electron chi connectivity index (χ2n) is 8.52. The Balaban J connectivity index is 0.00000272. The number of hydrogen-bond donors (Lipinski definition) is 1. The molecule has 2 saturated heterocycles. The highest BCUT2D eigenvalue weighted by molar-refractivity contribution is 14.0. The van der Waals surface area contributed by atoms with E-state index in [1.54, 1.807) is 7.11 Å². The Bertz CT molecular complexity index is 844. The van der Waals surface area contributed by atoms with Crippen molar-refractivity contribution in [2.24, 2.45) is 16.8 Å². The average Bonchev–Trinajstić information content (AvgIpc) is 3.45. The lowest BCUT2D eigenvalue weighted by molar-refractivity contribution is 0.415.